The number of ether oxygens (including phenoxy) is 1. The lowest BCUT2D eigenvalue weighted by molar-refractivity contribution is -0.140. The van der Waals surface area contributed by atoms with Gasteiger partial charge in [0.05, 0.1) is 12.7 Å². The SMILES string of the molecule is CCCNC(=O)C(C)N(Cc1cccc(OC)c1)C(=O)CCN1C(=O)c2ccccc2S1(=O)=O. The Kier molecular flexibility index (Phi) is 7.93. The molecule has 1 N–H and O–H groups in total. The van der Waals surface area contributed by atoms with Gasteiger partial charge < -0.3 is 15.0 Å². The molecule has 10 heteroatoms. The quantitative estimate of drug-likeness (QED) is 0.550. The molecular formula is C24H29N3O6S. The molecule has 1 atom stereocenters. The van der Waals surface area contributed by atoms with E-state index in [0.717, 1.165) is 16.3 Å². The Hall–Kier alpha value is -3.40. The van der Waals surface area contributed by atoms with E-state index in [1.54, 1.807) is 37.3 Å². The summed E-state index contributed by atoms with van der Waals surface area (Å²) in [7, 11) is -2.48. The largest absolute Gasteiger partial charge is 0.497 e. The second-order valence-electron chi connectivity index (χ2n) is 7.97. The van der Waals surface area contributed by atoms with Gasteiger partial charge in [-0.15, -0.1) is 0 Å². The van der Waals surface area contributed by atoms with Gasteiger partial charge in [-0.05, 0) is 43.2 Å². The smallest absolute Gasteiger partial charge is 0.269 e. The van der Waals surface area contributed by atoms with Gasteiger partial charge >= 0.3 is 0 Å². The van der Waals surface area contributed by atoms with E-state index in [1.165, 1.54) is 24.1 Å². The Bertz CT molecular complexity index is 1180. The molecule has 0 fully saturated rings. The average molecular weight is 488 g/mol. The second kappa shape index (κ2) is 10.7. The van der Waals surface area contributed by atoms with Crippen molar-refractivity contribution in [2.45, 2.75) is 44.2 Å². The topological polar surface area (TPSA) is 113 Å². The number of methoxy groups -OCH3 is 1. The summed E-state index contributed by atoms with van der Waals surface area (Å²) in [6.45, 7) is 3.83. The van der Waals surface area contributed by atoms with Gasteiger partial charge in [-0.3, -0.25) is 14.4 Å². The molecule has 3 amide bonds. The maximum Gasteiger partial charge on any atom is 0.269 e. The molecule has 34 heavy (non-hydrogen) atoms. The molecule has 2 aromatic rings. The minimum Gasteiger partial charge on any atom is -0.497 e. The molecule has 0 spiro atoms. The molecule has 0 radical (unpaired) electrons. The first-order valence-electron chi connectivity index (χ1n) is 11.1. The number of hydrogen-bond donors (Lipinski definition) is 1. The van der Waals surface area contributed by atoms with Crippen LogP contribution < -0.4 is 10.1 Å². The molecule has 0 aliphatic carbocycles. The van der Waals surface area contributed by atoms with Crippen LogP contribution in [0.15, 0.2) is 53.4 Å². The molecule has 2 aromatic carbocycles. The highest BCUT2D eigenvalue weighted by molar-refractivity contribution is 7.90. The van der Waals surface area contributed by atoms with Gasteiger partial charge in [-0.1, -0.05) is 31.2 Å². The Morgan fingerprint density at radius 2 is 1.88 bits per heavy atom. The summed E-state index contributed by atoms with van der Waals surface area (Å²) in [5, 5.41) is 2.79. The zero-order valence-electron chi connectivity index (χ0n) is 19.5. The number of nitrogens with one attached hydrogen (secondary N) is 1. The summed E-state index contributed by atoms with van der Waals surface area (Å²) in [4.78, 5) is 39.9. The molecule has 9 nitrogen and oxygen atoms in total. The molecule has 1 heterocycles. The summed E-state index contributed by atoms with van der Waals surface area (Å²) >= 11 is 0. The van der Waals surface area contributed by atoms with Crippen LogP contribution in [0, 0.1) is 0 Å². The molecular weight excluding hydrogens is 458 g/mol. The fraction of sp³-hybridized carbons (Fsp3) is 0.375. The van der Waals surface area contributed by atoms with E-state index in [9.17, 15) is 22.8 Å². The zero-order chi connectivity index (χ0) is 24.9. The third-order valence-corrected chi connectivity index (χ3v) is 7.48. The fourth-order valence-corrected chi connectivity index (χ4v) is 5.31. The van der Waals surface area contributed by atoms with Crippen molar-refractivity contribution in [3.8, 4) is 5.75 Å². The van der Waals surface area contributed by atoms with Crippen LogP contribution in [-0.2, 0) is 26.2 Å². The van der Waals surface area contributed by atoms with Gasteiger partial charge in [-0.2, -0.15) is 0 Å². The third-order valence-electron chi connectivity index (χ3n) is 5.64. The number of nitrogens with zero attached hydrogens (tertiary/aromatic N) is 2. The monoisotopic (exact) mass is 487 g/mol. The lowest BCUT2D eigenvalue weighted by atomic mass is 10.1. The molecule has 182 valence electrons. The Labute approximate surface area is 199 Å². The first-order chi connectivity index (χ1) is 16.2. The standard InChI is InChI=1S/C24H29N3O6S/c1-4-13-25-23(29)17(2)26(16-18-8-7-9-19(15-18)33-3)22(28)12-14-27-24(30)20-10-5-6-11-21(20)34(27,31)32/h5-11,15,17H,4,12-14,16H2,1-3H3,(H,25,29). The summed E-state index contributed by atoms with van der Waals surface area (Å²) in [5.41, 5.74) is 0.843. The van der Waals surface area contributed by atoms with E-state index in [4.69, 9.17) is 4.74 Å². The maximum atomic E-state index is 13.3. The highest BCUT2D eigenvalue weighted by Crippen LogP contribution is 2.30. The van der Waals surface area contributed by atoms with Crippen molar-refractivity contribution in [2.75, 3.05) is 20.2 Å². The number of amides is 3. The molecule has 0 bridgehead atoms. The van der Waals surface area contributed by atoms with Crippen LogP contribution in [0.4, 0.5) is 0 Å². The van der Waals surface area contributed by atoms with Gasteiger partial charge in [0, 0.05) is 26.1 Å². The fourth-order valence-electron chi connectivity index (χ4n) is 3.74. The van der Waals surface area contributed by atoms with Gasteiger partial charge in [0.25, 0.3) is 15.9 Å². The molecule has 1 unspecified atom stereocenters. The number of fused-ring (bicyclic) bond motifs is 1. The maximum absolute atomic E-state index is 13.3. The first-order valence-corrected chi connectivity index (χ1v) is 12.5. The van der Waals surface area contributed by atoms with Gasteiger partial charge in [0.15, 0.2) is 0 Å². The zero-order valence-corrected chi connectivity index (χ0v) is 20.3. The predicted molar refractivity (Wildman–Crippen MR) is 126 cm³/mol. The van der Waals surface area contributed by atoms with Crippen LogP contribution in [0.1, 0.15) is 42.6 Å². The molecule has 3 rings (SSSR count). The van der Waals surface area contributed by atoms with Crippen molar-refractivity contribution in [3.05, 3.63) is 59.7 Å². The highest BCUT2D eigenvalue weighted by Gasteiger charge is 2.41. The summed E-state index contributed by atoms with van der Waals surface area (Å²) in [6.07, 6.45) is 0.492. The van der Waals surface area contributed by atoms with Crippen molar-refractivity contribution >= 4 is 27.7 Å². The third kappa shape index (κ3) is 5.22. The van der Waals surface area contributed by atoms with E-state index < -0.39 is 27.9 Å². The normalized spacial score (nSPS) is 14.9. The molecule has 0 saturated carbocycles. The number of hydrogen-bond acceptors (Lipinski definition) is 6. The molecule has 0 aromatic heterocycles. The predicted octanol–water partition coefficient (Wildman–Crippen LogP) is 2.17. The van der Waals surface area contributed by atoms with E-state index in [1.807, 2.05) is 13.0 Å². The summed E-state index contributed by atoms with van der Waals surface area (Å²) in [5.74, 6) is -0.799. The van der Waals surface area contributed by atoms with Crippen molar-refractivity contribution < 1.29 is 27.5 Å². The van der Waals surface area contributed by atoms with Crippen LogP contribution >= 0.6 is 0 Å². The number of rotatable bonds is 10. The van der Waals surface area contributed by atoms with Gasteiger partial charge in [0.1, 0.15) is 16.7 Å². The van der Waals surface area contributed by atoms with Crippen LogP contribution in [0.25, 0.3) is 0 Å². The Balaban J connectivity index is 1.79. The number of carbonyl (C=O) groups is 3. The number of sulfonamides is 1. The molecule has 1 aliphatic rings. The minimum absolute atomic E-state index is 0.0620. The van der Waals surface area contributed by atoms with Crippen molar-refractivity contribution in [3.63, 3.8) is 0 Å². The molecule has 1 aliphatic heterocycles. The summed E-state index contributed by atoms with van der Waals surface area (Å²) in [6, 6.07) is 12.3. The van der Waals surface area contributed by atoms with Crippen LogP contribution in [0.3, 0.4) is 0 Å². The van der Waals surface area contributed by atoms with Crippen LogP contribution in [-0.4, -0.2) is 61.6 Å². The van der Waals surface area contributed by atoms with Crippen LogP contribution in [0.5, 0.6) is 5.75 Å². The lowest BCUT2D eigenvalue weighted by Gasteiger charge is -2.29. The van der Waals surface area contributed by atoms with Gasteiger partial charge in [-0.25, -0.2) is 12.7 Å². The average Bonchev–Trinajstić information content (AvgIpc) is 3.04. The first kappa shape index (κ1) is 25.2. The number of carbonyl (C=O) groups excluding carboxylic acids is 3. The molecule has 0 saturated heterocycles. The Morgan fingerprint density at radius 1 is 1.15 bits per heavy atom. The van der Waals surface area contributed by atoms with E-state index >= 15 is 0 Å². The van der Waals surface area contributed by atoms with Gasteiger partial charge in [0.2, 0.25) is 11.8 Å². The Morgan fingerprint density at radius 3 is 2.56 bits per heavy atom. The van der Waals surface area contributed by atoms with Crippen LogP contribution in [0.2, 0.25) is 0 Å². The van der Waals surface area contributed by atoms with Crippen molar-refractivity contribution in [1.82, 2.24) is 14.5 Å². The van der Waals surface area contributed by atoms with Crippen molar-refractivity contribution in [2.24, 2.45) is 0 Å². The summed E-state index contributed by atoms with van der Waals surface area (Å²) < 4.78 is 31.6. The number of benzene rings is 2. The van der Waals surface area contributed by atoms with E-state index in [-0.39, 0.29) is 35.9 Å². The minimum atomic E-state index is -4.02. The van der Waals surface area contributed by atoms with E-state index in [2.05, 4.69) is 5.32 Å². The van der Waals surface area contributed by atoms with E-state index in [0.29, 0.717) is 12.3 Å². The second-order valence-corrected chi connectivity index (χ2v) is 9.80. The van der Waals surface area contributed by atoms with Crippen molar-refractivity contribution in [1.29, 1.82) is 0 Å². The lowest BCUT2D eigenvalue weighted by Crippen LogP contribution is -2.48. The highest BCUT2D eigenvalue weighted by atomic mass is 32.2.